The van der Waals surface area contributed by atoms with Gasteiger partial charge in [-0.2, -0.15) is 4.31 Å². The Balaban J connectivity index is 1.65. The maximum Gasteiger partial charge on any atom is 0.244 e. The number of halogens is 2. The van der Waals surface area contributed by atoms with Gasteiger partial charge in [0.25, 0.3) is 0 Å². The van der Waals surface area contributed by atoms with Gasteiger partial charge in [-0.1, -0.05) is 36.4 Å². The van der Waals surface area contributed by atoms with Crippen molar-refractivity contribution < 1.29 is 17.2 Å². The minimum absolute atomic E-state index is 0.175. The molecule has 0 fully saturated rings. The molecule has 4 nitrogen and oxygen atoms in total. The molecule has 7 heteroatoms. The van der Waals surface area contributed by atoms with E-state index in [2.05, 4.69) is 0 Å². The van der Waals surface area contributed by atoms with Crippen LogP contribution in [-0.4, -0.2) is 23.8 Å². The molecule has 1 unspecified atom stereocenters. The molecule has 5 rings (SSSR count). The first-order valence-corrected chi connectivity index (χ1v) is 11.0. The van der Waals surface area contributed by atoms with Gasteiger partial charge >= 0.3 is 0 Å². The zero-order chi connectivity index (χ0) is 20.9. The molecular formula is C23H18F2N2O2S. The van der Waals surface area contributed by atoms with E-state index in [0.29, 0.717) is 12.1 Å². The highest BCUT2D eigenvalue weighted by molar-refractivity contribution is 7.89. The van der Waals surface area contributed by atoms with Gasteiger partial charge in [0.05, 0.1) is 10.9 Å². The summed E-state index contributed by atoms with van der Waals surface area (Å²) >= 11 is 0. The third-order valence-electron chi connectivity index (χ3n) is 5.58. The summed E-state index contributed by atoms with van der Waals surface area (Å²) in [6.07, 6.45) is 1.86. The third-order valence-corrected chi connectivity index (χ3v) is 7.44. The fraction of sp³-hybridized carbons (Fsp3) is 0.130. The Labute approximate surface area is 173 Å². The topological polar surface area (TPSA) is 42.3 Å². The molecule has 0 aliphatic carbocycles. The van der Waals surface area contributed by atoms with Gasteiger partial charge in [0.1, 0.15) is 0 Å². The van der Waals surface area contributed by atoms with Crippen molar-refractivity contribution in [1.29, 1.82) is 0 Å². The molecule has 0 amide bonds. The molecule has 1 atom stereocenters. The van der Waals surface area contributed by atoms with Crippen molar-refractivity contribution in [2.75, 3.05) is 6.54 Å². The molecule has 0 N–H and O–H groups in total. The smallest absolute Gasteiger partial charge is 0.244 e. The summed E-state index contributed by atoms with van der Waals surface area (Å²) in [5, 5.41) is 1.77. The number of sulfonamides is 1. The van der Waals surface area contributed by atoms with Crippen molar-refractivity contribution in [3.8, 4) is 0 Å². The molecule has 30 heavy (non-hydrogen) atoms. The van der Waals surface area contributed by atoms with Gasteiger partial charge in [0.2, 0.25) is 10.0 Å². The summed E-state index contributed by atoms with van der Waals surface area (Å²) in [4.78, 5) is 0.175. The van der Waals surface area contributed by atoms with Gasteiger partial charge in [0, 0.05) is 25.0 Å². The number of aromatic nitrogens is 1. The maximum absolute atomic E-state index is 14.0. The zero-order valence-electron chi connectivity index (χ0n) is 15.9. The van der Waals surface area contributed by atoms with Crippen molar-refractivity contribution in [3.63, 3.8) is 0 Å². The van der Waals surface area contributed by atoms with Gasteiger partial charge in [-0.3, -0.25) is 0 Å². The molecule has 152 valence electrons. The van der Waals surface area contributed by atoms with Gasteiger partial charge in [-0.25, -0.2) is 17.2 Å². The number of nitrogens with zero attached hydrogens (tertiary/aromatic N) is 2. The van der Waals surface area contributed by atoms with E-state index in [9.17, 15) is 17.2 Å². The summed E-state index contributed by atoms with van der Waals surface area (Å²) in [5.74, 6) is -1.96. The summed E-state index contributed by atoms with van der Waals surface area (Å²) < 4.78 is 58.2. The second kappa shape index (κ2) is 7.04. The normalized spacial score (nSPS) is 17.2. The summed E-state index contributed by atoms with van der Waals surface area (Å²) in [5.41, 5.74) is 1.11. The molecule has 1 aromatic heterocycles. The van der Waals surface area contributed by atoms with Gasteiger partial charge < -0.3 is 4.57 Å². The van der Waals surface area contributed by atoms with Crippen LogP contribution in [0, 0.1) is 11.6 Å². The molecule has 3 aromatic carbocycles. The SMILES string of the molecule is O=S(=O)(c1ccc2ccccc2c1)N1CCn2cccc2C1c1ccc(F)c(F)c1. The van der Waals surface area contributed by atoms with Crippen LogP contribution < -0.4 is 0 Å². The molecule has 0 saturated heterocycles. The van der Waals surface area contributed by atoms with Crippen LogP contribution in [-0.2, 0) is 16.6 Å². The monoisotopic (exact) mass is 424 g/mol. The molecule has 0 spiro atoms. The molecule has 1 aliphatic heterocycles. The van der Waals surface area contributed by atoms with E-state index in [-0.39, 0.29) is 11.4 Å². The number of rotatable bonds is 3. The molecule has 0 bridgehead atoms. The van der Waals surface area contributed by atoms with Crippen LogP contribution in [0.1, 0.15) is 17.3 Å². The largest absolute Gasteiger partial charge is 0.348 e. The molecule has 2 heterocycles. The predicted octanol–water partition coefficient (Wildman–Crippen LogP) is 4.71. The van der Waals surface area contributed by atoms with Crippen LogP contribution in [0.3, 0.4) is 0 Å². The Hall–Kier alpha value is -3.03. The molecule has 0 saturated carbocycles. The highest BCUT2D eigenvalue weighted by atomic mass is 32.2. The number of fused-ring (bicyclic) bond motifs is 2. The van der Waals surface area contributed by atoms with E-state index in [1.807, 2.05) is 47.2 Å². The van der Waals surface area contributed by atoms with Crippen LogP contribution in [0.2, 0.25) is 0 Å². The molecule has 4 aromatic rings. The fourth-order valence-corrected chi connectivity index (χ4v) is 5.72. The summed E-state index contributed by atoms with van der Waals surface area (Å²) in [7, 11) is -3.89. The zero-order valence-corrected chi connectivity index (χ0v) is 16.7. The van der Waals surface area contributed by atoms with Crippen molar-refractivity contribution in [2.24, 2.45) is 0 Å². The molecule has 0 radical (unpaired) electrons. The van der Waals surface area contributed by atoms with Crippen LogP contribution in [0.4, 0.5) is 8.78 Å². The lowest BCUT2D eigenvalue weighted by Gasteiger charge is -2.36. The Bertz CT molecular complexity index is 1360. The number of hydrogen-bond acceptors (Lipinski definition) is 2. The lowest BCUT2D eigenvalue weighted by Crippen LogP contribution is -2.42. The van der Waals surface area contributed by atoms with Crippen molar-refractivity contribution in [1.82, 2.24) is 8.87 Å². The van der Waals surface area contributed by atoms with Gasteiger partial charge in [-0.05, 0) is 52.7 Å². The first-order chi connectivity index (χ1) is 14.4. The standard InChI is InChI=1S/C23H18F2N2O2S/c24-20-10-8-18(15-21(20)25)23-22-6-3-11-26(22)12-13-27(23)30(28,29)19-9-7-16-4-1-2-5-17(16)14-19/h1-11,14-15,23H,12-13H2. The highest BCUT2D eigenvalue weighted by Crippen LogP contribution is 2.37. The van der Waals surface area contributed by atoms with Gasteiger partial charge in [-0.15, -0.1) is 0 Å². The highest BCUT2D eigenvalue weighted by Gasteiger charge is 2.38. The summed E-state index contributed by atoms with van der Waals surface area (Å²) in [6.45, 7) is 0.704. The maximum atomic E-state index is 14.0. The van der Waals surface area contributed by atoms with Crippen molar-refractivity contribution in [3.05, 3.63) is 102 Å². The van der Waals surface area contributed by atoms with E-state index in [4.69, 9.17) is 0 Å². The van der Waals surface area contributed by atoms with E-state index >= 15 is 0 Å². The first kappa shape index (κ1) is 19.0. The lowest BCUT2D eigenvalue weighted by molar-refractivity contribution is 0.297. The van der Waals surface area contributed by atoms with Gasteiger partial charge in [0.15, 0.2) is 11.6 Å². The number of hydrogen-bond donors (Lipinski definition) is 0. The molecule has 1 aliphatic rings. The third kappa shape index (κ3) is 3.02. The van der Waals surface area contributed by atoms with E-state index in [1.54, 1.807) is 18.2 Å². The first-order valence-electron chi connectivity index (χ1n) is 9.56. The van der Waals surface area contributed by atoms with Crippen LogP contribution >= 0.6 is 0 Å². The van der Waals surface area contributed by atoms with E-state index in [0.717, 1.165) is 28.6 Å². The summed E-state index contributed by atoms with van der Waals surface area (Å²) in [6, 6.07) is 19.0. The predicted molar refractivity (Wildman–Crippen MR) is 110 cm³/mol. The van der Waals surface area contributed by atoms with Crippen molar-refractivity contribution >= 4 is 20.8 Å². The van der Waals surface area contributed by atoms with Crippen LogP contribution in [0.25, 0.3) is 10.8 Å². The number of benzene rings is 3. The lowest BCUT2D eigenvalue weighted by atomic mass is 10.0. The fourth-order valence-electron chi connectivity index (χ4n) is 4.10. The second-order valence-electron chi connectivity index (χ2n) is 7.33. The van der Waals surface area contributed by atoms with E-state index in [1.165, 1.54) is 10.4 Å². The van der Waals surface area contributed by atoms with Crippen LogP contribution in [0.5, 0.6) is 0 Å². The average molecular weight is 424 g/mol. The van der Waals surface area contributed by atoms with Crippen LogP contribution in [0.15, 0.2) is 83.9 Å². The Morgan fingerprint density at radius 2 is 1.60 bits per heavy atom. The van der Waals surface area contributed by atoms with Crippen molar-refractivity contribution in [2.45, 2.75) is 17.5 Å². The quantitative estimate of drug-likeness (QED) is 0.478. The molecular weight excluding hydrogens is 406 g/mol. The Kier molecular flexibility index (Phi) is 4.45. The van der Waals surface area contributed by atoms with E-state index < -0.39 is 27.7 Å². The minimum Gasteiger partial charge on any atom is -0.348 e. The Morgan fingerprint density at radius 1 is 0.800 bits per heavy atom. The minimum atomic E-state index is -3.89. The Morgan fingerprint density at radius 3 is 2.40 bits per heavy atom. The average Bonchev–Trinajstić information content (AvgIpc) is 3.23. The second-order valence-corrected chi connectivity index (χ2v) is 9.22.